The summed E-state index contributed by atoms with van der Waals surface area (Å²) in [6.45, 7) is 9.29. The number of nitrogens with one attached hydrogen (secondary N) is 4. The number of benzene rings is 1. The van der Waals surface area contributed by atoms with E-state index in [0.717, 1.165) is 5.56 Å². The van der Waals surface area contributed by atoms with Crippen molar-refractivity contribution in [2.75, 3.05) is 20.6 Å². The molecule has 1 aliphatic rings. The predicted octanol–water partition coefficient (Wildman–Crippen LogP) is 3.69. The highest BCUT2D eigenvalue weighted by atomic mass is 16.5. The predicted molar refractivity (Wildman–Crippen MR) is 217 cm³/mol. The van der Waals surface area contributed by atoms with E-state index in [-0.39, 0.29) is 48.2 Å². The Morgan fingerprint density at radius 1 is 1.00 bits per heavy atom. The van der Waals surface area contributed by atoms with Crippen LogP contribution in [-0.2, 0) is 39.9 Å². The number of aliphatic hydroxyl groups excluding tert-OH is 1. The summed E-state index contributed by atoms with van der Waals surface area (Å²) >= 11 is 0. The second kappa shape index (κ2) is 25.4. The molecule has 2 rings (SSSR count). The Morgan fingerprint density at radius 3 is 2.29 bits per heavy atom. The van der Waals surface area contributed by atoms with Crippen LogP contribution >= 0.6 is 0 Å². The number of likely N-dealkylation sites (N-methyl/N-ethyl adjacent to an activating group) is 2. The van der Waals surface area contributed by atoms with Crippen molar-refractivity contribution in [2.24, 2.45) is 17.8 Å². The third-order valence-electron chi connectivity index (χ3n) is 9.78. The lowest BCUT2D eigenvalue weighted by molar-refractivity contribution is -0.156. The van der Waals surface area contributed by atoms with Crippen molar-refractivity contribution in [1.82, 2.24) is 26.4 Å². The monoisotopic (exact) mass is 777 g/mol. The summed E-state index contributed by atoms with van der Waals surface area (Å²) in [6, 6.07) is 7.23. The fraction of sp³-hybridized carbons (Fsp3) is 0.535. The number of ketones is 1. The SMILES string of the molecule is CNC(=O)/C=C/C=C(\C)[C@H](C/C=C/C=C/CC(C)C(O)C(C=O)CCC(C)=O)OC(=O)C1CCCN(C(=O)C(Cc2ccccc2)NC(=O)C(NC)C(C)C)N1. The average molecular weight is 778 g/mol. The van der Waals surface area contributed by atoms with E-state index in [4.69, 9.17) is 4.74 Å². The number of nitrogens with zero attached hydrogens (tertiary/aromatic N) is 1. The number of carbonyl (C=O) groups excluding carboxylic acids is 6. The van der Waals surface area contributed by atoms with Crippen molar-refractivity contribution in [1.29, 1.82) is 0 Å². The first kappa shape index (κ1) is 47.4. The van der Waals surface area contributed by atoms with Crippen molar-refractivity contribution < 1.29 is 38.6 Å². The number of allylic oxidation sites excluding steroid dienone is 5. The molecule has 1 fully saturated rings. The van der Waals surface area contributed by atoms with Crippen LogP contribution in [0.3, 0.4) is 0 Å². The number of aldehydes is 1. The third-order valence-corrected chi connectivity index (χ3v) is 9.78. The smallest absolute Gasteiger partial charge is 0.325 e. The molecule has 0 radical (unpaired) electrons. The van der Waals surface area contributed by atoms with Gasteiger partial charge in [-0.1, -0.05) is 87.6 Å². The van der Waals surface area contributed by atoms with Crippen molar-refractivity contribution in [3.63, 3.8) is 0 Å². The van der Waals surface area contributed by atoms with Crippen LogP contribution in [0.5, 0.6) is 0 Å². The Morgan fingerprint density at radius 2 is 1.68 bits per heavy atom. The Bertz CT molecular complexity index is 1560. The van der Waals surface area contributed by atoms with Gasteiger partial charge < -0.3 is 35.4 Å². The van der Waals surface area contributed by atoms with Crippen molar-refractivity contribution in [3.05, 3.63) is 84.0 Å². The maximum absolute atomic E-state index is 14.0. The van der Waals surface area contributed by atoms with Crippen molar-refractivity contribution in [2.45, 2.75) is 110 Å². The molecule has 7 atom stereocenters. The zero-order valence-electron chi connectivity index (χ0n) is 34.0. The third kappa shape index (κ3) is 16.6. The van der Waals surface area contributed by atoms with Crippen LogP contribution in [0.4, 0.5) is 0 Å². The molecular formula is C43H63N5O8. The quantitative estimate of drug-likeness (QED) is 0.0476. The molecule has 56 heavy (non-hydrogen) atoms. The van der Waals surface area contributed by atoms with Crippen LogP contribution in [0.25, 0.3) is 0 Å². The van der Waals surface area contributed by atoms with Gasteiger partial charge in [0.2, 0.25) is 11.8 Å². The highest BCUT2D eigenvalue weighted by Gasteiger charge is 2.35. The van der Waals surface area contributed by atoms with Gasteiger partial charge in [-0.05, 0) is 69.6 Å². The Labute approximate surface area is 332 Å². The normalized spacial score (nSPS) is 18.3. The molecule has 308 valence electrons. The minimum absolute atomic E-state index is 0.00887. The minimum Gasteiger partial charge on any atom is -0.456 e. The van der Waals surface area contributed by atoms with Crippen molar-refractivity contribution >= 4 is 35.8 Å². The molecule has 13 nitrogen and oxygen atoms in total. The first-order valence-electron chi connectivity index (χ1n) is 19.5. The summed E-state index contributed by atoms with van der Waals surface area (Å²) < 4.78 is 6.03. The molecule has 1 aromatic rings. The maximum Gasteiger partial charge on any atom is 0.325 e. The summed E-state index contributed by atoms with van der Waals surface area (Å²) in [5.41, 5.74) is 4.63. The lowest BCUT2D eigenvalue weighted by Gasteiger charge is -2.36. The van der Waals surface area contributed by atoms with Crippen LogP contribution < -0.4 is 21.4 Å². The van der Waals surface area contributed by atoms with Gasteiger partial charge in [0, 0.05) is 44.8 Å². The minimum atomic E-state index is -0.880. The summed E-state index contributed by atoms with van der Waals surface area (Å²) in [5.74, 6) is -2.34. The first-order valence-corrected chi connectivity index (χ1v) is 19.5. The van der Waals surface area contributed by atoms with Crippen LogP contribution in [0.15, 0.2) is 78.4 Å². The van der Waals surface area contributed by atoms with Gasteiger partial charge in [0.1, 0.15) is 30.3 Å². The van der Waals surface area contributed by atoms with Crippen LogP contribution in [0.2, 0.25) is 0 Å². The average Bonchev–Trinajstić information content (AvgIpc) is 3.18. The van der Waals surface area contributed by atoms with E-state index in [1.54, 1.807) is 32.2 Å². The van der Waals surface area contributed by atoms with Gasteiger partial charge in [-0.25, -0.2) is 5.43 Å². The number of hydrogen-bond acceptors (Lipinski definition) is 10. The molecule has 1 aromatic carbocycles. The number of ether oxygens (including phenoxy) is 1. The highest BCUT2D eigenvalue weighted by Crippen LogP contribution is 2.21. The van der Waals surface area contributed by atoms with E-state index in [0.29, 0.717) is 50.5 Å². The van der Waals surface area contributed by atoms with E-state index >= 15 is 0 Å². The highest BCUT2D eigenvalue weighted by molar-refractivity contribution is 5.90. The Balaban J connectivity index is 2.18. The molecule has 1 saturated heterocycles. The van der Waals surface area contributed by atoms with E-state index < -0.39 is 42.2 Å². The van der Waals surface area contributed by atoms with Gasteiger partial charge in [-0.2, -0.15) is 0 Å². The molecule has 5 N–H and O–H groups in total. The Kier molecular flexibility index (Phi) is 21.5. The number of amides is 3. The molecule has 6 unspecified atom stereocenters. The van der Waals surface area contributed by atoms with Crippen LogP contribution in [0, 0.1) is 17.8 Å². The number of carbonyl (C=O) groups is 6. The second-order valence-electron chi connectivity index (χ2n) is 14.7. The van der Waals surface area contributed by atoms with E-state index in [1.807, 2.05) is 69.3 Å². The summed E-state index contributed by atoms with van der Waals surface area (Å²) in [4.78, 5) is 75.5. The van der Waals surface area contributed by atoms with E-state index in [2.05, 4.69) is 21.4 Å². The van der Waals surface area contributed by atoms with E-state index in [9.17, 15) is 33.9 Å². The van der Waals surface area contributed by atoms with Gasteiger partial charge in [-0.3, -0.25) is 24.2 Å². The van der Waals surface area contributed by atoms with Crippen LogP contribution in [-0.4, -0.2) is 96.8 Å². The molecule has 0 aromatic heterocycles. The van der Waals surface area contributed by atoms with E-state index in [1.165, 1.54) is 25.1 Å². The largest absolute Gasteiger partial charge is 0.456 e. The maximum atomic E-state index is 14.0. The molecule has 1 aliphatic heterocycles. The second-order valence-corrected chi connectivity index (χ2v) is 14.7. The summed E-state index contributed by atoms with van der Waals surface area (Å²) in [5, 5.41) is 20.5. The van der Waals surface area contributed by atoms with Gasteiger partial charge in [0.15, 0.2) is 0 Å². The fourth-order valence-corrected chi connectivity index (χ4v) is 6.31. The number of hydrazine groups is 1. The fourth-order valence-electron chi connectivity index (χ4n) is 6.31. The molecular weight excluding hydrogens is 714 g/mol. The number of esters is 1. The summed E-state index contributed by atoms with van der Waals surface area (Å²) in [7, 11) is 3.23. The Hall–Kier alpha value is -4.72. The van der Waals surface area contributed by atoms with Crippen LogP contribution in [0.1, 0.15) is 78.7 Å². The van der Waals surface area contributed by atoms with Gasteiger partial charge in [-0.15, -0.1) is 0 Å². The van der Waals surface area contributed by atoms with Gasteiger partial charge in [0.25, 0.3) is 5.91 Å². The lowest BCUT2D eigenvalue weighted by atomic mass is 9.87. The van der Waals surface area contributed by atoms with Gasteiger partial charge >= 0.3 is 5.97 Å². The molecule has 13 heteroatoms. The number of rotatable bonds is 23. The number of Topliss-reactive ketones (excluding diaryl/α,β-unsaturated/α-hetero) is 1. The van der Waals surface area contributed by atoms with Crippen molar-refractivity contribution in [3.8, 4) is 0 Å². The first-order chi connectivity index (χ1) is 26.7. The zero-order chi connectivity index (χ0) is 41.6. The number of hydrogen-bond donors (Lipinski definition) is 5. The molecule has 0 saturated carbocycles. The molecule has 0 spiro atoms. The van der Waals surface area contributed by atoms with Gasteiger partial charge in [0.05, 0.1) is 12.1 Å². The topological polar surface area (TPSA) is 183 Å². The zero-order valence-corrected chi connectivity index (χ0v) is 34.0. The molecule has 1 heterocycles. The standard InChI is InChI=1S/C43H63N5O8/c1-29(2)39(45-7)41(53)46-36(27-33-19-12-10-13-20-33)42(54)48-26-16-21-35(47-48)43(55)56-37(30(3)18-15-23-38(51)44-6)22-14-9-8-11-17-31(4)40(52)34(28-49)25-24-32(5)50/h8-15,18-20,23,28-29,31,34-37,39-40,45,47,52H,16-17,21-22,24-27H2,1-7H3,(H,44,51)(H,46,53)/b11-8+,14-9+,23-15+,30-18+/t31?,34?,35?,36?,37-,39?,40?/m0/s1. The molecule has 0 aliphatic carbocycles. The molecule has 0 bridgehead atoms. The molecule has 3 amide bonds. The lowest BCUT2D eigenvalue weighted by Crippen LogP contribution is -2.61. The summed E-state index contributed by atoms with van der Waals surface area (Å²) in [6.07, 6.45) is 13.7. The number of aliphatic hydroxyl groups is 1.